The molecule has 1 fully saturated rings. The first-order valence-electron chi connectivity index (χ1n) is 12.7. The van der Waals surface area contributed by atoms with Gasteiger partial charge < -0.3 is 10.6 Å². The van der Waals surface area contributed by atoms with E-state index in [9.17, 15) is 18.4 Å². The highest BCUT2D eigenvalue weighted by Gasteiger charge is 2.31. The zero-order chi connectivity index (χ0) is 27.8. The van der Waals surface area contributed by atoms with Crippen molar-refractivity contribution in [1.82, 2.24) is 30.9 Å². The highest BCUT2D eigenvalue weighted by molar-refractivity contribution is 7.97. The van der Waals surface area contributed by atoms with E-state index in [2.05, 4.69) is 45.6 Å². The van der Waals surface area contributed by atoms with Gasteiger partial charge in [-0.3, -0.25) is 9.59 Å². The van der Waals surface area contributed by atoms with Gasteiger partial charge in [0.2, 0.25) is 16.9 Å². The van der Waals surface area contributed by atoms with E-state index in [0.717, 1.165) is 24.3 Å². The minimum atomic E-state index is -0.419. The monoisotopic (exact) mass is 575 g/mol. The largest absolute Gasteiger partial charge is 0.329 e. The molecular weight excluding hydrogens is 544 g/mol. The summed E-state index contributed by atoms with van der Waals surface area (Å²) in [7, 11) is 0. The van der Waals surface area contributed by atoms with E-state index in [1.165, 1.54) is 35.4 Å². The molecule has 0 aliphatic carbocycles. The third kappa shape index (κ3) is 8.02. The highest BCUT2D eigenvalue weighted by atomic mass is 32.2. The summed E-state index contributed by atoms with van der Waals surface area (Å²) in [6, 6.07) is 12.5. The molecule has 3 aromatic rings. The fraction of sp³-hybridized carbons (Fsp3) is 0.385. The normalized spacial score (nSPS) is 17.1. The summed E-state index contributed by atoms with van der Waals surface area (Å²) in [6.45, 7) is 4.15. The van der Waals surface area contributed by atoms with Crippen LogP contribution in [0.3, 0.4) is 0 Å². The molecular formula is C26H31F2N7O2S2. The lowest BCUT2D eigenvalue weighted by molar-refractivity contribution is -0.120. The first-order chi connectivity index (χ1) is 18.9. The number of hydrazine groups is 2. The summed E-state index contributed by atoms with van der Waals surface area (Å²) < 4.78 is 29.7. The van der Waals surface area contributed by atoms with E-state index in [-0.39, 0.29) is 36.6 Å². The van der Waals surface area contributed by atoms with E-state index in [1.54, 1.807) is 36.4 Å². The molecule has 2 amide bonds. The van der Waals surface area contributed by atoms with Gasteiger partial charge in [0.05, 0.1) is 12.8 Å². The molecule has 4 rings (SSSR count). The van der Waals surface area contributed by atoms with Crippen LogP contribution in [0.2, 0.25) is 0 Å². The Morgan fingerprint density at radius 1 is 0.974 bits per heavy atom. The number of anilines is 1. The summed E-state index contributed by atoms with van der Waals surface area (Å²) in [6.07, 6.45) is 2.29. The van der Waals surface area contributed by atoms with Crippen LogP contribution < -0.4 is 21.6 Å². The van der Waals surface area contributed by atoms with Crippen LogP contribution in [0.4, 0.5) is 13.9 Å². The second-order valence-electron chi connectivity index (χ2n) is 9.07. The van der Waals surface area contributed by atoms with Crippen LogP contribution in [0, 0.1) is 11.6 Å². The molecule has 39 heavy (non-hydrogen) atoms. The number of halogens is 2. The maximum absolute atomic E-state index is 13.9. The lowest BCUT2D eigenvalue weighted by Crippen LogP contribution is -2.46. The van der Waals surface area contributed by atoms with E-state index >= 15 is 0 Å². The number of rotatable bonds is 12. The molecule has 1 aliphatic heterocycles. The molecule has 1 aliphatic rings. The summed E-state index contributed by atoms with van der Waals surface area (Å²) in [5.41, 5.74) is 6.43. The van der Waals surface area contributed by atoms with Crippen molar-refractivity contribution in [3.05, 3.63) is 76.3 Å². The molecule has 2 heterocycles. The number of aromatic nitrogens is 2. The standard InChI is InChI=1S/C26H31F2N7O2S2/c1-3-16(24-31-32-25(38-24)29-22(36)14-17-9-5-7-11-20(17)27)13-19(4-2)35-34-33-26(39-35)30-23(37)15-18-10-6-8-12-21(18)28/h5-12,16,19,26,33-34H,3-4,13-15H2,1-2H3,(H,30,37)(H,29,32,36)/t16?,19-,26?/m0/s1. The molecule has 0 bridgehead atoms. The number of nitrogens with one attached hydrogen (secondary N) is 4. The molecule has 0 radical (unpaired) electrons. The molecule has 1 saturated heterocycles. The number of amides is 2. The average Bonchev–Trinajstić information content (AvgIpc) is 3.57. The maximum Gasteiger partial charge on any atom is 0.230 e. The van der Waals surface area contributed by atoms with Crippen LogP contribution in [0.1, 0.15) is 55.2 Å². The Morgan fingerprint density at radius 3 is 2.23 bits per heavy atom. The van der Waals surface area contributed by atoms with Gasteiger partial charge in [-0.05, 0) is 54.5 Å². The van der Waals surface area contributed by atoms with Gasteiger partial charge in [-0.1, -0.05) is 61.6 Å². The maximum atomic E-state index is 13.9. The van der Waals surface area contributed by atoms with Crippen LogP contribution >= 0.6 is 23.3 Å². The SMILES string of the molecule is CCC(C[C@H](CC)N1NNC(NC(=O)Cc2ccccc2F)S1)c1nnc(NC(=O)Cc2ccccc2F)s1. The first kappa shape index (κ1) is 29.0. The predicted octanol–water partition coefficient (Wildman–Crippen LogP) is 4.28. The minimum absolute atomic E-state index is 0.0449. The van der Waals surface area contributed by atoms with Crippen LogP contribution in [-0.2, 0) is 22.4 Å². The van der Waals surface area contributed by atoms with Crippen LogP contribution in [-0.4, -0.2) is 38.0 Å². The minimum Gasteiger partial charge on any atom is -0.329 e. The van der Waals surface area contributed by atoms with Gasteiger partial charge >= 0.3 is 0 Å². The van der Waals surface area contributed by atoms with E-state index in [1.807, 2.05) is 4.41 Å². The molecule has 2 unspecified atom stereocenters. The van der Waals surface area contributed by atoms with Crippen molar-refractivity contribution >= 4 is 40.2 Å². The number of nitrogens with zero attached hydrogens (tertiary/aromatic N) is 3. The van der Waals surface area contributed by atoms with Crippen molar-refractivity contribution in [1.29, 1.82) is 0 Å². The Hall–Kier alpha value is -2.97. The number of hydrogen-bond donors (Lipinski definition) is 4. The second kappa shape index (κ2) is 13.9. The topological polar surface area (TPSA) is 111 Å². The summed E-state index contributed by atoms with van der Waals surface area (Å²) in [5, 5.41) is 15.2. The average molecular weight is 576 g/mol. The van der Waals surface area contributed by atoms with Crippen LogP contribution in [0.15, 0.2) is 48.5 Å². The highest BCUT2D eigenvalue weighted by Crippen LogP contribution is 2.33. The van der Waals surface area contributed by atoms with Gasteiger partial charge in [-0.25, -0.2) is 14.2 Å². The van der Waals surface area contributed by atoms with Gasteiger partial charge in [0.15, 0.2) is 5.50 Å². The third-order valence-electron chi connectivity index (χ3n) is 6.32. The number of carbonyl (C=O) groups excluding carboxylic acids is 2. The molecule has 208 valence electrons. The third-order valence-corrected chi connectivity index (χ3v) is 8.39. The second-order valence-corrected chi connectivity index (χ2v) is 11.2. The predicted molar refractivity (Wildman–Crippen MR) is 148 cm³/mol. The summed E-state index contributed by atoms with van der Waals surface area (Å²) >= 11 is 2.73. The van der Waals surface area contributed by atoms with Crippen molar-refractivity contribution in [2.75, 3.05) is 5.32 Å². The summed E-state index contributed by atoms with van der Waals surface area (Å²) in [5.74, 6) is -1.36. The molecule has 13 heteroatoms. The van der Waals surface area contributed by atoms with Gasteiger partial charge in [0.1, 0.15) is 16.6 Å². The van der Waals surface area contributed by atoms with E-state index in [4.69, 9.17) is 0 Å². The quantitative estimate of drug-likeness (QED) is 0.237. The first-order valence-corrected chi connectivity index (χ1v) is 14.4. The zero-order valence-electron chi connectivity index (χ0n) is 21.6. The van der Waals surface area contributed by atoms with Gasteiger partial charge in [0.25, 0.3) is 0 Å². The molecule has 4 N–H and O–H groups in total. The molecule has 0 saturated carbocycles. The van der Waals surface area contributed by atoms with E-state index < -0.39 is 17.1 Å². The smallest absolute Gasteiger partial charge is 0.230 e. The Kier molecular flexibility index (Phi) is 10.3. The summed E-state index contributed by atoms with van der Waals surface area (Å²) in [4.78, 5) is 24.8. The van der Waals surface area contributed by atoms with Gasteiger partial charge in [-0.2, -0.15) is 9.95 Å². The van der Waals surface area contributed by atoms with Crippen molar-refractivity contribution < 1.29 is 18.4 Å². The fourth-order valence-electron chi connectivity index (χ4n) is 4.17. The Morgan fingerprint density at radius 2 is 1.62 bits per heavy atom. The Balaban J connectivity index is 1.29. The van der Waals surface area contributed by atoms with E-state index in [0.29, 0.717) is 16.3 Å². The molecule has 9 nitrogen and oxygen atoms in total. The van der Waals surface area contributed by atoms with Crippen LogP contribution in [0.5, 0.6) is 0 Å². The van der Waals surface area contributed by atoms with Crippen molar-refractivity contribution in [2.24, 2.45) is 0 Å². The molecule has 3 atom stereocenters. The Bertz CT molecular complexity index is 1280. The van der Waals surface area contributed by atoms with Crippen LogP contribution in [0.25, 0.3) is 0 Å². The lowest BCUT2D eigenvalue weighted by atomic mass is 9.97. The molecule has 1 aromatic heterocycles. The fourth-order valence-corrected chi connectivity index (χ4v) is 6.15. The van der Waals surface area contributed by atoms with Gasteiger partial charge in [-0.15, -0.1) is 10.2 Å². The Labute approximate surface area is 234 Å². The van der Waals surface area contributed by atoms with Crippen molar-refractivity contribution in [2.45, 2.75) is 63.4 Å². The van der Waals surface area contributed by atoms with Crippen molar-refractivity contribution in [3.8, 4) is 0 Å². The molecule has 2 aromatic carbocycles. The number of benzene rings is 2. The van der Waals surface area contributed by atoms with Crippen molar-refractivity contribution in [3.63, 3.8) is 0 Å². The lowest BCUT2D eigenvalue weighted by Gasteiger charge is -2.27. The number of hydrogen-bond acceptors (Lipinski definition) is 9. The number of carbonyl (C=O) groups is 2. The zero-order valence-corrected chi connectivity index (χ0v) is 23.2. The molecule has 0 spiro atoms. The van der Waals surface area contributed by atoms with Gasteiger partial charge in [0, 0.05) is 12.0 Å².